The Kier molecular flexibility index (Phi) is 3.35. The summed E-state index contributed by atoms with van der Waals surface area (Å²) in [6.07, 6.45) is 0.960. The third-order valence-electron chi connectivity index (χ3n) is 2.28. The van der Waals surface area contributed by atoms with Crippen LogP contribution in [0, 0.1) is 5.82 Å². The molecular weight excluding hydrogens is 262 g/mol. The number of nitrogens with zero attached hydrogens (tertiary/aromatic N) is 1. The second kappa shape index (κ2) is 4.79. The highest BCUT2D eigenvalue weighted by Gasteiger charge is 2.19. The Balaban J connectivity index is 2.62. The van der Waals surface area contributed by atoms with Gasteiger partial charge < -0.3 is 0 Å². The van der Waals surface area contributed by atoms with E-state index in [1.807, 2.05) is 0 Å². The van der Waals surface area contributed by atoms with Crippen molar-refractivity contribution >= 4 is 10.0 Å². The molecule has 0 bridgehead atoms. The van der Waals surface area contributed by atoms with Gasteiger partial charge in [0.1, 0.15) is 5.82 Å². The van der Waals surface area contributed by atoms with Crippen molar-refractivity contribution in [3.8, 4) is 11.3 Å². The molecule has 0 aliphatic rings. The molecule has 0 saturated carbocycles. The molecule has 2 rings (SSSR count). The molecule has 0 saturated heterocycles. The summed E-state index contributed by atoms with van der Waals surface area (Å²) in [6, 6.07) is 8.21. The van der Waals surface area contributed by atoms with Crippen LogP contribution in [0.2, 0.25) is 0 Å². The number of hydrogen-bond donors (Lipinski definition) is 1. The molecule has 2 aromatic rings. The molecule has 4 nitrogen and oxygen atoms in total. The van der Waals surface area contributed by atoms with Gasteiger partial charge in [-0.15, -0.1) is 4.48 Å². The fraction of sp³-hybridized carbons (Fsp3) is 0. The van der Waals surface area contributed by atoms with Gasteiger partial charge in [-0.3, -0.25) is 4.98 Å². The molecule has 0 aliphatic carbocycles. The Hall–Kier alpha value is -1.86. The molecule has 18 heavy (non-hydrogen) atoms. The van der Waals surface area contributed by atoms with Crippen molar-refractivity contribution in [1.29, 1.82) is 0 Å². The van der Waals surface area contributed by atoms with Gasteiger partial charge in [0, 0.05) is 5.56 Å². The van der Waals surface area contributed by atoms with E-state index in [1.165, 1.54) is 24.3 Å². The number of aromatic nitrogens is 1. The number of sulfonamides is 1. The largest absolute Gasteiger partial charge is 0.267 e. The van der Waals surface area contributed by atoms with Gasteiger partial charge in [0.15, 0.2) is 0 Å². The first kappa shape index (κ1) is 12.6. The van der Waals surface area contributed by atoms with Crippen LogP contribution in [0.3, 0.4) is 0 Å². The quantitative estimate of drug-likeness (QED) is 0.868. The van der Waals surface area contributed by atoms with Crippen molar-refractivity contribution in [3.63, 3.8) is 0 Å². The van der Waals surface area contributed by atoms with E-state index in [4.69, 9.17) is 0 Å². The first-order valence-corrected chi connectivity index (χ1v) is 6.36. The third-order valence-corrected chi connectivity index (χ3v) is 3.42. The number of hydrogen-bond acceptors (Lipinski definition) is 3. The van der Waals surface area contributed by atoms with Crippen molar-refractivity contribution in [2.75, 3.05) is 0 Å². The summed E-state index contributed by atoms with van der Waals surface area (Å²) < 4.78 is 48.0. The van der Waals surface area contributed by atoms with E-state index >= 15 is 0 Å². The molecule has 0 amide bonds. The molecule has 1 N–H and O–H groups in total. The molecule has 0 fully saturated rings. The SMILES string of the molecule is O=S(=O)(NF)c1ccccc1-c1ccc(F)cn1. The lowest BCUT2D eigenvalue weighted by Crippen LogP contribution is -2.15. The van der Waals surface area contributed by atoms with Crippen molar-refractivity contribution in [2.24, 2.45) is 0 Å². The van der Waals surface area contributed by atoms with Crippen molar-refractivity contribution < 1.29 is 17.3 Å². The summed E-state index contributed by atoms with van der Waals surface area (Å²) >= 11 is 0. The van der Waals surface area contributed by atoms with Crippen LogP contribution in [0.5, 0.6) is 0 Å². The zero-order valence-electron chi connectivity index (χ0n) is 8.97. The van der Waals surface area contributed by atoms with Crippen LogP contribution in [0.1, 0.15) is 0 Å². The summed E-state index contributed by atoms with van der Waals surface area (Å²) in [5, 5.41) is 0. The van der Waals surface area contributed by atoms with Crippen LogP contribution in [0.25, 0.3) is 11.3 Å². The summed E-state index contributed by atoms with van der Waals surface area (Å²) in [4.78, 5) is 4.26. The first-order chi connectivity index (χ1) is 8.54. The molecule has 0 atom stereocenters. The molecule has 1 heterocycles. The molecule has 1 aromatic heterocycles. The van der Waals surface area contributed by atoms with E-state index in [2.05, 4.69) is 4.98 Å². The number of nitrogens with one attached hydrogen (secondary N) is 1. The second-order valence-corrected chi connectivity index (χ2v) is 5.04. The molecule has 1 aromatic carbocycles. The third kappa shape index (κ3) is 2.36. The minimum atomic E-state index is -4.24. The zero-order valence-corrected chi connectivity index (χ0v) is 9.79. The average molecular weight is 270 g/mol. The van der Waals surface area contributed by atoms with Crippen molar-refractivity contribution in [2.45, 2.75) is 4.90 Å². The monoisotopic (exact) mass is 270 g/mol. The van der Waals surface area contributed by atoms with Gasteiger partial charge in [-0.2, -0.15) is 0 Å². The van der Waals surface area contributed by atoms with E-state index < -0.39 is 15.8 Å². The molecular formula is C11H8F2N2O2S. The Morgan fingerprint density at radius 2 is 1.83 bits per heavy atom. The Labute approximate surface area is 102 Å². The standard InChI is InChI=1S/C11H8F2N2O2S/c12-8-5-6-10(14-7-8)9-3-1-2-4-11(9)18(16,17)15-13/h1-7,15H. The fourth-order valence-electron chi connectivity index (χ4n) is 1.49. The lowest BCUT2D eigenvalue weighted by Gasteiger charge is -2.07. The molecule has 0 radical (unpaired) electrons. The minimum Gasteiger partial charge on any atom is -0.253 e. The number of pyridine rings is 1. The van der Waals surface area contributed by atoms with E-state index in [9.17, 15) is 17.3 Å². The average Bonchev–Trinajstić information content (AvgIpc) is 2.40. The minimum absolute atomic E-state index is 0.197. The number of benzene rings is 1. The number of halogens is 2. The van der Waals surface area contributed by atoms with Gasteiger partial charge in [0.25, 0.3) is 10.0 Å². The smallest absolute Gasteiger partial charge is 0.253 e. The normalized spacial score (nSPS) is 11.4. The first-order valence-electron chi connectivity index (χ1n) is 4.88. The topological polar surface area (TPSA) is 59.1 Å². The zero-order chi connectivity index (χ0) is 13.2. The summed E-state index contributed by atoms with van der Waals surface area (Å²) in [5.74, 6) is -0.539. The van der Waals surface area contributed by atoms with Crippen LogP contribution in [-0.4, -0.2) is 13.4 Å². The van der Waals surface area contributed by atoms with Crippen molar-refractivity contribution in [3.05, 3.63) is 48.4 Å². The fourth-order valence-corrected chi connectivity index (χ4v) is 2.29. The Morgan fingerprint density at radius 1 is 1.11 bits per heavy atom. The molecule has 94 valence electrons. The van der Waals surface area contributed by atoms with Gasteiger partial charge >= 0.3 is 0 Å². The van der Waals surface area contributed by atoms with Crippen LogP contribution in [0.4, 0.5) is 8.87 Å². The van der Waals surface area contributed by atoms with E-state index in [0.29, 0.717) is 0 Å². The van der Waals surface area contributed by atoms with Gasteiger partial charge in [-0.05, 0) is 23.1 Å². The maximum absolute atomic E-state index is 12.7. The summed E-state index contributed by atoms with van der Waals surface area (Å²) in [6.45, 7) is 0. The maximum Gasteiger partial charge on any atom is 0.267 e. The predicted octanol–water partition coefficient (Wildman–Crippen LogP) is 2.05. The van der Waals surface area contributed by atoms with Crippen LogP contribution in [-0.2, 0) is 10.0 Å². The lowest BCUT2D eigenvalue weighted by atomic mass is 10.1. The predicted molar refractivity (Wildman–Crippen MR) is 61.1 cm³/mol. The lowest BCUT2D eigenvalue weighted by molar-refractivity contribution is 0.425. The Morgan fingerprint density at radius 3 is 2.44 bits per heavy atom. The highest BCUT2D eigenvalue weighted by molar-refractivity contribution is 7.89. The van der Waals surface area contributed by atoms with E-state index in [0.717, 1.165) is 17.2 Å². The van der Waals surface area contributed by atoms with Crippen molar-refractivity contribution in [1.82, 2.24) is 9.93 Å². The highest BCUT2D eigenvalue weighted by Crippen LogP contribution is 2.25. The van der Waals surface area contributed by atoms with E-state index in [1.54, 1.807) is 6.07 Å². The molecule has 7 heteroatoms. The molecule has 0 unspecified atom stereocenters. The molecule has 0 aliphatic heterocycles. The van der Waals surface area contributed by atoms with Crippen LogP contribution >= 0.6 is 0 Å². The summed E-state index contributed by atoms with van der Waals surface area (Å²) in [7, 11) is -4.24. The highest BCUT2D eigenvalue weighted by atomic mass is 32.2. The second-order valence-electron chi connectivity index (χ2n) is 3.44. The van der Waals surface area contributed by atoms with Gasteiger partial charge in [-0.25, -0.2) is 12.8 Å². The van der Waals surface area contributed by atoms with Crippen LogP contribution < -0.4 is 4.94 Å². The maximum atomic E-state index is 12.7. The Bertz CT molecular complexity index is 657. The summed E-state index contributed by atoms with van der Waals surface area (Å²) in [5.41, 5.74) is 0.438. The van der Waals surface area contributed by atoms with Gasteiger partial charge in [-0.1, -0.05) is 18.2 Å². The van der Waals surface area contributed by atoms with Crippen LogP contribution in [0.15, 0.2) is 47.5 Å². The van der Waals surface area contributed by atoms with E-state index in [-0.39, 0.29) is 16.2 Å². The molecule has 0 spiro atoms. The van der Waals surface area contributed by atoms with Gasteiger partial charge in [0.05, 0.1) is 16.8 Å². The van der Waals surface area contributed by atoms with Gasteiger partial charge in [0.2, 0.25) is 0 Å². The number of rotatable bonds is 3.